The number of ether oxygens (including phenoxy) is 3. The summed E-state index contributed by atoms with van der Waals surface area (Å²) >= 11 is 0. The van der Waals surface area contributed by atoms with Gasteiger partial charge in [0, 0.05) is 18.2 Å². The Morgan fingerprint density at radius 2 is 1.56 bits per heavy atom. The van der Waals surface area contributed by atoms with Crippen LogP contribution in [0.5, 0.6) is 17.2 Å². The van der Waals surface area contributed by atoms with Crippen LogP contribution in [0.2, 0.25) is 0 Å². The molecule has 0 radical (unpaired) electrons. The van der Waals surface area contributed by atoms with Crippen molar-refractivity contribution in [1.82, 2.24) is 4.90 Å². The highest BCUT2D eigenvalue weighted by Crippen LogP contribution is 2.29. The number of nitrogens with zero attached hydrogens (tertiary/aromatic N) is 1. The molecule has 1 amide bonds. The summed E-state index contributed by atoms with van der Waals surface area (Å²) in [6.45, 7) is 4.82. The van der Waals surface area contributed by atoms with Crippen molar-refractivity contribution >= 4 is 5.91 Å². The quantitative estimate of drug-likeness (QED) is 0.772. The van der Waals surface area contributed by atoms with Gasteiger partial charge < -0.3 is 19.1 Å². The number of methoxy groups -OCH3 is 2. The summed E-state index contributed by atoms with van der Waals surface area (Å²) in [5.41, 5.74) is 2.57. The van der Waals surface area contributed by atoms with Gasteiger partial charge in [-0.25, -0.2) is 0 Å². The Morgan fingerprint density at radius 3 is 2.08 bits per heavy atom. The molecule has 5 heteroatoms. The van der Waals surface area contributed by atoms with Crippen LogP contribution in [0.25, 0.3) is 0 Å². The fraction of sp³-hybridized carbons (Fsp3) is 0.350. The third-order valence-electron chi connectivity index (χ3n) is 4.06. The van der Waals surface area contributed by atoms with Crippen LogP contribution in [0, 0.1) is 13.8 Å². The predicted molar refractivity (Wildman–Crippen MR) is 97.9 cm³/mol. The number of aryl methyl sites for hydroxylation is 1. The van der Waals surface area contributed by atoms with Crippen LogP contribution in [0.15, 0.2) is 36.4 Å². The Hall–Kier alpha value is -2.69. The zero-order valence-corrected chi connectivity index (χ0v) is 15.5. The first-order valence-electron chi connectivity index (χ1n) is 8.13. The molecule has 0 aliphatic rings. The van der Waals surface area contributed by atoms with Crippen LogP contribution in [-0.2, 0) is 0 Å². The summed E-state index contributed by atoms with van der Waals surface area (Å²) in [4.78, 5) is 14.3. The number of hydrogen-bond acceptors (Lipinski definition) is 4. The van der Waals surface area contributed by atoms with Gasteiger partial charge in [-0.1, -0.05) is 17.7 Å². The SMILES string of the molecule is COc1cc(C(=O)N(C)CCOc2ccc(C)cc2)cc(OC)c1C. The second-order valence-electron chi connectivity index (χ2n) is 5.89. The number of carbonyl (C=O) groups is 1. The molecule has 25 heavy (non-hydrogen) atoms. The maximum absolute atomic E-state index is 12.6. The number of rotatable bonds is 7. The molecule has 0 bridgehead atoms. The van der Waals surface area contributed by atoms with Gasteiger partial charge in [0.25, 0.3) is 5.91 Å². The van der Waals surface area contributed by atoms with Gasteiger partial charge in [-0.2, -0.15) is 0 Å². The zero-order valence-electron chi connectivity index (χ0n) is 15.5. The van der Waals surface area contributed by atoms with Gasteiger partial charge >= 0.3 is 0 Å². The van der Waals surface area contributed by atoms with E-state index in [2.05, 4.69) is 0 Å². The van der Waals surface area contributed by atoms with Gasteiger partial charge in [0.15, 0.2) is 0 Å². The second kappa shape index (κ2) is 8.42. The molecule has 0 fully saturated rings. The molecule has 5 nitrogen and oxygen atoms in total. The molecule has 0 atom stereocenters. The molecule has 0 saturated carbocycles. The molecule has 0 aliphatic carbocycles. The average Bonchev–Trinajstić information content (AvgIpc) is 2.62. The highest BCUT2D eigenvalue weighted by molar-refractivity contribution is 5.95. The number of carbonyl (C=O) groups excluding carboxylic acids is 1. The van der Waals surface area contributed by atoms with E-state index < -0.39 is 0 Å². The van der Waals surface area contributed by atoms with Crippen LogP contribution in [-0.4, -0.2) is 45.2 Å². The molecule has 0 heterocycles. The maximum Gasteiger partial charge on any atom is 0.253 e. The number of benzene rings is 2. The molecule has 0 unspecified atom stereocenters. The molecular formula is C20H25NO4. The van der Waals surface area contributed by atoms with E-state index in [4.69, 9.17) is 14.2 Å². The number of likely N-dealkylation sites (N-methyl/N-ethyl adjacent to an activating group) is 1. The summed E-state index contributed by atoms with van der Waals surface area (Å²) in [6.07, 6.45) is 0. The molecule has 2 aromatic rings. The highest BCUT2D eigenvalue weighted by Gasteiger charge is 2.16. The summed E-state index contributed by atoms with van der Waals surface area (Å²) in [7, 11) is 4.91. The van der Waals surface area contributed by atoms with E-state index in [1.807, 2.05) is 38.1 Å². The minimum absolute atomic E-state index is 0.107. The van der Waals surface area contributed by atoms with Crippen molar-refractivity contribution in [2.24, 2.45) is 0 Å². The van der Waals surface area contributed by atoms with Gasteiger partial charge in [0.05, 0.1) is 20.8 Å². The lowest BCUT2D eigenvalue weighted by molar-refractivity contribution is 0.0773. The first-order valence-corrected chi connectivity index (χ1v) is 8.13. The van der Waals surface area contributed by atoms with Crippen molar-refractivity contribution in [2.45, 2.75) is 13.8 Å². The van der Waals surface area contributed by atoms with Gasteiger partial charge in [-0.05, 0) is 38.1 Å². The molecule has 134 valence electrons. The maximum atomic E-state index is 12.6. The molecule has 0 spiro atoms. The van der Waals surface area contributed by atoms with Gasteiger partial charge in [-0.3, -0.25) is 4.79 Å². The predicted octanol–water partition coefficient (Wildman–Crippen LogP) is 3.47. The molecule has 0 aliphatic heterocycles. The van der Waals surface area contributed by atoms with E-state index in [0.29, 0.717) is 30.2 Å². The monoisotopic (exact) mass is 343 g/mol. The van der Waals surface area contributed by atoms with Crippen LogP contribution >= 0.6 is 0 Å². The molecule has 2 rings (SSSR count). The minimum atomic E-state index is -0.107. The standard InChI is InChI=1S/C20H25NO4/c1-14-6-8-17(9-7-14)25-11-10-21(3)20(22)16-12-18(23-4)15(2)19(13-16)24-5/h6-9,12-13H,10-11H2,1-5H3. The molecule has 0 N–H and O–H groups in total. The van der Waals surface area contributed by atoms with E-state index in [9.17, 15) is 4.79 Å². The molecular weight excluding hydrogens is 318 g/mol. The first kappa shape index (κ1) is 18.6. The largest absolute Gasteiger partial charge is 0.496 e. The summed E-state index contributed by atoms with van der Waals surface area (Å²) < 4.78 is 16.3. The molecule has 2 aromatic carbocycles. The van der Waals surface area contributed by atoms with Gasteiger partial charge in [0.2, 0.25) is 0 Å². The first-order chi connectivity index (χ1) is 12.0. The van der Waals surface area contributed by atoms with Crippen LogP contribution in [0.4, 0.5) is 0 Å². The van der Waals surface area contributed by atoms with E-state index in [-0.39, 0.29) is 5.91 Å². The Labute approximate surface area is 149 Å². The van der Waals surface area contributed by atoms with Crippen LogP contribution in [0.1, 0.15) is 21.5 Å². The summed E-state index contributed by atoms with van der Waals surface area (Å²) in [6, 6.07) is 11.3. The van der Waals surface area contributed by atoms with Crippen LogP contribution < -0.4 is 14.2 Å². The molecule has 0 aromatic heterocycles. The highest BCUT2D eigenvalue weighted by atomic mass is 16.5. The van der Waals surface area contributed by atoms with E-state index >= 15 is 0 Å². The Balaban J connectivity index is 2.00. The van der Waals surface area contributed by atoms with E-state index in [0.717, 1.165) is 11.3 Å². The smallest absolute Gasteiger partial charge is 0.253 e. The Kier molecular flexibility index (Phi) is 6.28. The Bertz CT molecular complexity index is 700. The third-order valence-corrected chi connectivity index (χ3v) is 4.06. The van der Waals surface area contributed by atoms with Crippen molar-refractivity contribution in [1.29, 1.82) is 0 Å². The lowest BCUT2D eigenvalue weighted by Crippen LogP contribution is -2.31. The van der Waals surface area contributed by atoms with Crippen molar-refractivity contribution in [3.05, 3.63) is 53.1 Å². The normalized spacial score (nSPS) is 10.3. The van der Waals surface area contributed by atoms with Crippen molar-refractivity contribution < 1.29 is 19.0 Å². The van der Waals surface area contributed by atoms with Crippen molar-refractivity contribution in [3.63, 3.8) is 0 Å². The topological polar surface area (TPSA) is 48.0 Å². The molecule has 0 saturated heterocycles. The van der Waals surface area contributed by atoms with Gasteiger partial charge in [-0.15, -0.1) is 0 Å². The fourth-order valence-corrected chi connectivity index (χ4v) is 2.47. The summed E-state index contributed by atoms with van der Waals surface area (Å²) in [5, 5.41) is 0. The lowest BCUT2D eigenvalue weighted by atomic mass is 10.1. The fourth-order valence-electron chi connectivity index (χ4n) is 2.47. The Morgan fingerprint density at radius 1 is 1.00 bits per heavy atom. The minimum Gasteiger partial charge on any atom is -0.496 e. The zero-order chi connectivity index (χ0) is 18.4. The van der Waals surface area contributed by atoms with Crippen LogP contribution in [0.3, 0.4) is 0 Å². The lowest BCUT2D eigenvalue weighted by Gasteiger charge is -2.19. The summed E-state index contributed by atoms with van der Waals surface area (Å²) in [5.74, 6) is 1.95. The van der Waals surface area contributed by atoms with E-state index in [1.54, 1.807) is 38.3 Å². The van der Waals surface area contributed by atoms with Crippen molar-refractivity contribution in [3.8, 4) is 17.2 Å². The van der Waals surface area contributed by atoms with E-state index in [1.165, 1.54) is 5.56 Å². The third kappa shape index (κ3) is 4.66. The second-order valence-corrected chi connectivity index (χ2v) is 5.89. The van der Waals surface area contributed by atoms with Gasteiger partial charge in [0.1, 0.15) is 23.9 Å². The van der Waals surface area contributed by atoms with Crippen molar-refractivity contribution in [2.75, 3.05) is 34.4 Å². The number of hydrogen-bond donors (Lipinski definition) is 0. The number of amides is 1. The average molecular weight is 343 g/mol.